The summed E-state index contributed by atoms with van der Waals surface area (Å²) in [5.41, 5.74) is 6.34. The molecular formula is C13H35B22N. The van der Waals surface area contributed by atoms with Crippen molar-refractivity contribution in [3.8, 4) is 11.3 Å². The Balaban J connectivity index is 2.91. The van der Waals surface area contributed by atoms with Gasteiger partial charge in [0.2, 0.25) is 0 Å². The molecular weight excluding hydrogens is 408 g/mol. The van der Waals surface area contributed by atoms with E-state index in [-0.39, 0.29) is 0 Å². The van der Waals surface area contributed by atoms with Gasteiger partial charge in [-0.25, -0.2) is 0 Å². The summed E-state index contributed by atoms with van der Waals surface area (Å²) >= 11 is 0. The molecule has 0 radical (unpaired) electrons. The summed E-state index contributed by atoms with van der Waals surface area (Å²) in [4.78, 5) is 4.92. The fourth-order valence-electron chi connectivity index (χ4n) is 7.79. The van der Waals surface area contributed by atoms with Crippen molar-refractivity contribution in [1.82, 2.24) is 4.98 Å². The standard InChI is InChI=1S/C13H35B22N/c1-9-6-11(13-5-3-4-10(2)36-13)8-12(7-9)26(33(28(17)18)29(19)20)34(32(25-14)27(15)16)35(30(21)22)31(23)24/h3-8,25H,14-24H2,1-2H3. The van der Waals surface area contributed by atoms with Crippen molar-refractivity contribution in [3.05, 3.63) is 47.7 Å². The second kappa shape index (κ2) is 14.3. The third-order valence-corrected chi connectivity index (χ3v) is 8.84. The first-order valence-corrected chi connectivity index (χ1v) is 14.9. The van der Waals surface area contributed by atoms with Crippen molar-refractivity contribution in [2.75, 3.05) is 0 Å². The molecule has 1 aromatic carbocycles. The number of pyridine rings is 1. The Morgan fingerprint density at radius 1 is 0.667 bits per heavy atom. The van der Waals surface area contributed by atoms with Crippen LogP contribution < -0.4 is 5.46 Å². The third kappa shape index (κ3) is 7.91. The van der Waals surface area contributed by atoms with E-state index in [0.717, 1.165) is 11.4 Å². The van der Waals surface area contributed by atoms with Gasteiger partial charge in [-0.3, -0.25) is 4.98 Å². The average Bonchev–Trinajstić information content (AvgIpc) is 2.75. The van der Waals surface area contributed by atoms with Crippen LogP contribution in [0.2, 0.25) is 0 Å². The lowest BCUT2D eigenvalue weighted by Gasteiger charge is -2.44. The van der Waals surface area contributed by atoms with Crippen LogP contribution in [-0.4, -0.2) is 161 Å². The van der Waals surface area contributed by atoms with E-state index in [9.17, 15) is 0 Å². The van der Waals surface area contributed by atoms with Gasteiger partial charge >= 0.3 is 0 Å². The number of aryl methyl sites for hydroxylation is 2. The topological polar surface area (TPSA) is 12.9 Å². The van der Waals surface area contributed by atoms with Crippen LogP contribution in [0.15, 0.2) is 36.4 Å². The predicted octanol–water partition coefficient (Wildman–Crippen LogP) is -12.0. The van der Waals surface area contributed by atoms with Gasteiger partial charge in [-0.2, -0.15) is 0 Å². The third-order valence-electron chi connectivity index (χ3n) is 8.84. The van der Waals surface area contributed by atoms with Crippen LogP contribution >= 0.6 is 0 Å². The van der Waals surface area contributed by atoms with Gasteiger partial charge in [-0.15, -0.1) is 0 Å². The SMILES string of the molecule is BBB(B(B)B)B(B(B(B)B)B(B)B)B(B(B(B)B)B(B)B)c1cc(C)cc(-c2cccc(C)n2)c1. The van der Waals surface area contributed by atoms with Crippen molar-refractivity contribution >= 4 is 162 Å². The molecule has 0 aliphatic rings. The number of benzene rings is 1. The molecule has 2 rings (SSSR count). The zero-order chi connectivity index (χ0) is 27.3. The summed E-state index contributed by atoms with van der Waals surface area (Å²) < 4.78 is 0. The van der Waals surface area contributed by atoms with E-state index >= 15 is 0 Å². The van der Waals surface area contributed by atoms with Gasteiger partial charge in [0.1, 0.15) is 0 Å². The molecule has 2 aromatic rings. The molecule has 0 aliphatic heterocycles. The summed E-state index contributed by atoms with van der Waals surface area (Å²) in [6.45, 7) is 4.89. The van der Waals surface area contributed by atoms with E-state index in [2.05, 4.69) is 135 Å². The Labute approximate surface area is 238 Å². The van der Waals surface area contributed by atoms with Crippen molar-refractivity contribution in [2.45, 2.75) is 13.8 Å². The molecule has 1 heterocycles. The molecule has 0 bridgehead atoms. The lowest BCUT2D eigenvalue weighted by atomic mass is 8.39. The maximum Gasteiger partial charge on any atom is 0.0806 e. The van der Waals surface area contributed by atoms with Gasteiger partial charge in [-0.1, -0.05) is 29.2 Å². The minimum absolute atomic E-state index is 0.524. The molecule has 0 N–H and O–H groups in total. The fourth-order valence-corrected chi connectivity index (χ4v) is 7.79. The van der Waals surface area contributed by atoms with Crippen LogP contribution in [0.4, 0.5) is 0 Å². The minimum atomic E-state index is 0.524. The highest BCUT2D eigenvalue weighted by atomic mass is 14.7. The monoisotopic (exact) mass is 447 g/mol. The number of rotatable bonds is 12. The highest BCUT2D eigenvalue weighted by molar-refractivity contribution is 8.18. The Bertz CT molecular complexity index is 953. The number of aromatic nitrogens is 1. The Kier molecular flexibility index (Phi) is 12.7. The maximum atomic E-state index is 4.92. The summed E-state index contributed by atoms with van der Waals surface area (Å²) in [6.07, 6.45) is 5.90. The first-order chi connectivity index (χ1) is 16.8. The van der Waals surface area contributed by atoms with Crippen molar-refractivity contribution in [3.63, 3.8) is 0 Å². The molecule has 158 valence electrons. The van der Waals surface area contributed by atoms with Gasteiger partial charge in [0.05, 0.1) is 97.3 Å². The lowest BCUT2D eigenvalue weighted by molar-refractivity contribution is 1.20. The lowest BCUT2D eigenvalue weighted by Crippen LogP contribution is -2.84. The molecule has 1 aromatic heterocycles. The van der Waals surface area contributed by atoms with Crippen LogP contribution in [0.1, 0.15) is 11.3 Å². The molecule has 0 atom stereocenters. The first-order valence-electron chi connectivity index (χ1n) is 14.9. The summed E-state index contributed by atoms with van der Waals surface area (Å²) in [7, 11) is 28.3. The van der Waals surface area contributed by atoms with Gasteiger partial charge in [0, 0.05) is 70.2 Å². The number of hydrogen-bond donors (Lipinski definition) is 0. The molecule has 0 saturated carbocycles. The highest BCUT2D eigenvalue weighted by Crippen LogP contribution is 2.20. The minimum Gasteiger partial charge on any atom is -0.253 e. The van der Waals surface area contributed by atoms with Crippen LogP contribution in [0.25, 0.3) is 11.3 Å². The zero-order valence-electron chi connectivity index (χ0n) is 25.9. The molecule has 0 unspecified atom stereocenters. The van der Waals surface area contributed by atoms with E-state index < -0.39 is 0 Å². The van der Waals surface area contributed by atoms with E-state index in [1.54, 1.807) is 0 Å². The Morgan fingerprint density at radius 2 is 1.22 bits per heavy atom. The molecule has 0 fully saturated rings. The molecule has 0 saturated heterocycles. The quantitative estimate of drug-likeness (QED) is 0.297. The number of hydrogen-bond acceptors (Lipinski definition) is 1. The van der Waals surface area contributed by atoms with E-state index in [1.165, 1.54) is 23.7 Å². The normalized spacial score (nSPS) is 10.1. The predicted molar refractivity (Wildman–Crippen MR) is 217 cm³/mol. The molecule has 0 spiro atoms. The van der Waals surface area contributed by atoms with Crippen LogP contribution in [0.3, 0.4) is 0 Å². The summed E-state index contributed by atoms with van der Waals surface area (Å²) in [5.74, 6) is 0. The van der Waals surface area contributed by atoms with Gasteiger partial charge < -0.3 is 0 Å². The van der Waals surface area contributed by atoms with E-state index in [0.29, 0.717) is 64.0 Å². The summed E-state index contributed by atoms with van der Waals surface area (Å²) in [6, 6.07) is 13.8. The van der Waals surface area contributed by atoms with E-state index in [4.69, 9.17) is 4.98 Å². The molecule has 1 nitrogen and oxygen atoms in total. The van der Waals surface area contributed by atoms with Gasteiger partial charge in [-0.05, 0) is 37.6 Å². The van der Waals surface area contributed by atoms with Gasteiger partial charge in [0.25, 0.3) is 0 Å². The largest absolute Gasteiger partial charge is 0.253 e. The molecule has 0 amide bonds. The zero-order valence-corrected chi connectivity index (χ0v) is 25.9. The van der Waals surface area contributed by atoms with Crippen molar-refractivity contribution < 1.29 is 0 Å². The maximum absolute atomic E-state index is 4.92. The molecule has 0 aliphatic carbocycles. The molecule has 23 heteroatoms. The molecule has 36 heavy (non-hydrogen) atoms. The van der Waals surface area contributed by atoms with Crippen molar-refractivity contribution in [1.29, 1.82) is 0 Å². The van der Waals surface area contributed by atoms with Crippen LogP contribution in [0.5, 0.6) is 0 Å². The smallest absolute Gasteiger partial charge is 0.0806 e. The first kappa shape index (κ1) is 32.0. The second-order valence-corrected chi connectivity index (χ2v) is 13.3. The van der Waals surface area contributed by atoms with Gasteiger partial charge in [0.15, 0.2) is 0 Å². The van der Waals surface area contributed by atoms with Crippen LogP contribution in [-0.2, 0) is 0 Å². The number of nitrogens with zero attached hydrogens (tertiary/aromatic N) is 1. The fraction of sp³-hybridized carbons (Fsp3) is 0.154. The average molecular weight is 443 g/mol. The second-order valence-electron chi connectivity index (χ2n) is 13.3. The van der Waals surface area contributed by atoms with Crippen molar-refractivity contribution in [2.24, 2.45) is 0 Å². The van der Waals surface area contributed by atoms with E-state index in [1.807, 2.05) is 0 Å². The Morgan fingerprint density at radius 3 is 1.67 bits per heavy atom. The van der Waals surface area contributed by atoms with Crippen LogP contribution in [0, 0.1) is 13.8 Å². The highest BCUT2D eigenvalue weighted by Gasteiger charge is 2.49. The summed E-state index contributed by atoms with van der Waals surface area (Å²) in [5, 5.41) is 0. The Hall–Kier alpha value is -0.201.